The molecule has 3 aliphatic rings. The van der Waals surface area contributed by atoms with Gasteiger partial charge < -0.3 is 0 Å². The molecule has 26 aromatic rings. The number of hydrogen-bond acceptors (Lipinski definition) is 6. The van der Waals surface area contributed by atoms with Crippen LogP contribution in [0.4, 0.5) is 0 Å². The highest BCUT2D eigenvalue weighted by Gasteiger charge is 2.47. The standard InChI is InChI=1S/C46H30N3P.C44H33N3Si.C42H31N3Si/c1-4-14-31(15-5-1)40-30-41(32-16-6-2-7-17-32)48-46(47-40)49-42-22-12-10-20-36(42)38-28-33(24-26-43(38)49)34-25-27-45-39(29-34)37-21-11-13-23-44(37)50(45)35-18-8-3-9-19-35;1-3-13-30(14-4-1)38-29-39(31-15-5-2-6-16-31)46-44(45-38)47-40-19-9-7-17-34(40)36-27-32(21-23-41(36)47)33-22-24-43-37(28-33)35-18-8-10-20-42(35)48(43)25-11-12-26-48;1-46(2)40-20-12-10-18-33(40)35-26-31(22-24-41(35)46)30-21-23-39-34(25-30)32-17-9-11-19-38(32)45(39)42-43-36(28-13-5-3-6-14-28)27-37(44-42)29-15-7-4-8-16-29/h1-30H;1-10,13-24,27-29H,11-12,25-26H2;3-27H,1-2H3. The quantitative estimate of drug-likeness (QED) is 0.107. The van der Waals surface area contributed by atoms with E-state index >= 15 is 0 Å². The van der Waals surface area contributed by atoms with Gasteiger partial charge in [-0.15, -0.1) is 0 Å². The molecule has 144 heavy (non-hydrogen) atoms. The van der Waals surface area contributed by atoms with E-state index in [0.717, 1.165) is 101 Å². The van der Waals surface area contributed by atoms with E-state index in [0.29, 0.717) is 17.8 Å². The van der Waals surface area contributed by atoms with Crippen molar-refractivity contribution < 1.29 is 0 Å². The maximum absolute atomic E-state index is 5.20. The van der Waals surface area contributed by atoms with Crippen molar-refractivity contribution in [1.29, 1.82) is 0 Å². The molecular weight excluding hydrogens is 1800 g/mol. The number of rotatable bonds is 13. The molecule has 1 unspecified atom stereocenters. The lowest BCUT2D eigenvalue weighted by molar-refractivity contribution is 0.935. The maximum Gasteiger partial charge on any atom is 0.235 e. The van der Waals surface area contributed by atoms with Crippen LogP contribution in [0.2, 0.25) is 25.2 Å². The van der Waals surface area contributed by atoms with Gasteiger partial charge in [-0.3, -0.25) is 13.7 Å². The highest BCUT2D eigenvalue weighted by Crippen LogP contribution is 2.56. The summed E-state index contributed by atoms with van der Waals surface area (Å²) in [5.41, 5.74) is 31.5. The Morgan fingerprint density at radius 2 is 0.458 bits per heavy atom. The van der Waals surface area contributed by atoms with Crippen molar-refractivity contribution in [2.75, 3.05) is 0 Å². The second kappa shape index (κ2) is 35.4. The Balaban J connectivity index is 0.000000108. The largest absolute Gasteiger partial charge is 0.278 e. The smallest absolute Gasteiger partial charge is 0.235 e. The van der Waals surface area contributed by atoms with Gasteiger partial charge in [0.15, 0.2) is 0 Å². The molecule has 9 nitrogen and oxygen atoms in total. The van der Waals surface area contributed by atoms with Crippen LogP contribution in [-0.4, -0.2) is 59.8 Å². The first-order valence-electron chi connectivity index (χ1n) is 49.8. The van der Waals surface area contributed by atoms with E-state index in [9.17, 15) is 0 Å². The number of hydrogen-bond donors (Lipinski definition) is 0. The summed E-state index contributed by atoms with van der Waals surface area (Å²) in [6, 6.07) is 178. The summed E-state index contributed by atoms with van der Waals surface area (Å²) in [4.78, 5) is 31.2. The van der Waals surface area contributed by atoms with Crippen LogP contribution >= 0.6 is 7.53 Å². The van der Waals surface area contributed by atoms with Crippen LogP contribution in [0.15, 0.2) is 485 Å². The van der Waals surface area contributed by atoms with Gasteiger partial charge in [0.25, 0.3) is 0 Å². The van der Waals surface area contributed by atoms with Crippen LogP contribution in [0.25, 0.3) is 233 Å². The number of benzene rings is 19. The molecule has 1 spiro atoms. The first kappa shape index (κ1) is 85.7. The topological polar surface area (TPSA) is 92.1 Å². The van der Waals surface area contributed by atoms with E-state index in [4.69, 9.17) is 29.9 Å². The number of fused-ring (bicyclic) bond motifs is 20. The summed E-state index contributed by atoms with van der Waals surface area (Å²) in [6.07, 6.45) is 2.74. The van der Waals surface area contributed by atoms with Gasteiger partial charge in [-0.25, -0.2) is 29.9 Å². The van der Waals surface area contributed by atoms with Crippen LogP contribution in [0.5, 0.6) is 0 Å². The minimum Gasteiger partial charge on any atom is -0.278 e. The van der Waals surface area contributed by atoms with Crippen LogP contribution < -0.4 is 20.7 Å². The van der Waals surface area contributed by atoms with Gasteiger partial charge in [0, 0.05) is 75.9 Å². The monoisotopic (exact) mass is 1890 g/mol. The fourth-order valence-corrected chi connectivity index (χ4v) is 34.6. The van der Waals surface area contributed by atoms with E-state index in [1.54, 1.807) is 10.4 Å². The van der Waals surface area contributed by atoms with Crippen molar-refractivity contribution in [3.8, 4) is 146 Å². The maximum atomic E-state index is 5.20. The highest BCUT2D eigenvalue weighted by atomic mass is 31.1. The molecule has 680 valence electrons. The van der Waals surface area contributed by atoms with E-state index in [-0.39, 0.29) is 0 Å². The molecule has 0 N–H and O–H groups in total. The zero-order valence-electron chi connectivity index (χ0n) is 79.5. The predicted octanol–water partition coefficient (Wildman–Crippen LogP) is 32.1. The summed E-state index contributed by atoms with van der Waals surface area (Å²) >= 11 is 0. The summed E-state index contributed by atoms with van der Waals surface area (Å²) < 4.78 is 6.68. The van der Waals surface area contributed by atoms with Gasteiger partial charge in [0.2, 0.25) is 17.8 Å². The molecule has 0 radical (unpaired) electrons. The first-order valence-corrected chi connectivity index (χ1v) is 56.6. The van der Waals surface area contributed by atoms with Crippen LogP contribution in [0, 0.1) is 0 Å². The Bertz CT molecular complexity index is 9380. The summed E-state index contributed by atoms with van der Waals surface area (Å²) in [5.74, 6) is 2.00. The van der Waals surface area contributed by atoms with Gasteiger partial charge in [-0.05, 0) is 202 Å². The Labute approximate surface area is 837 Å². The Kier molecular flexibility index (Phi) is 21.1. The Morgan fingerprint density at radius 1 is 0.194 bits per heavy atom. The van der Waals surface area contributed by atoms with Crippen molar-refractivity contribution in [2.45, 2.75) is 38.0 Å². The van der Waals surface area contributed by atoms with Crippen molar-refractivity contribution in [1.82, 2.24) is 43.6 Å². The van der Waals surface area contributed by atoms with Crippen LogP contribution in [0.1, 0.15) is 12.8 Å². The summed E-state index contributed by atoms with van der Waals surface area (Å²) in [5, 5.41) is 20.5. The molecular formula is C132H94N9PSi2. The molecule has 1 fully saturated rings. The lowest BCUT2D eigenvalue weighted by Gasteiger charge is -2.23. The third kappa shape index (κ3) is 14.7. The third-order valence-electron chi connectivity index (χ3n) is 30.2. The van der Waals surface area contributed by atoms with Gasteiger partial charge in [-0.2, -0.15) is 0 Å². The molecule has 0 aliphatic carbocycles. The molecule has 7 aromatic heterocycles. The molecule has 0 amide bonds. The molecule has 10 heterocycles. The van der Waals surface area contributed by atoms with E-state index in [1.807, 2.05) is 36.4 Å². The first-order chi connectivity index (χ1) is 71.1. The predicted molar refractivity (Wildman–Crippen MR) is 609 cm³/mol. The number of para-hydroxylation sites is 3. The van der Waals surface area contributed by atoms with Gasteiger partial charge in [0.1, 0.15) is 16.1 Å². The molecule has 12 heteroatoms. The van der Waals surface area contributed by atoms with Crippen molar-refractivity contribution in [2.24, 2.45) is 0 Å². The van der Waals surface area contributed by atoms with Crippen molar-refractivity contribution in [3.63, 3.8) is 0 Å². The number of nitrogens with zero attached hydrogens (tertiary/aromatic N) is 9. The zero-order valence-corrected chi connectivity index (χ0v) is 82.4. The van der Waals surface area contributed by atoms with Gasteiger partial charge in [-0.1, -0.05) is 422 Å². The van der Waals surface area contributed by atoms with Crippen molar-refractivity contribution in [3.05, 3.63) is 485 Å². The third-order valence-corrected chi connectivity index (χ3v) is 41.6. The second-order valence-electron chi connectivity index (χ2n) is 38.7. The van der Waals surface area contributed by atoms with Crippen molar-refractivity contribution >= 4 is 131 Å². The fourth-order valence-electron chi connectivity index (χ4n) is 23.3. The van der Waals surface area contributed by atoms with E-state index < -0.39 is 23.7 Å². The fraction of sp³-hybridized carbons (Fsp3) is 0.0455. The Morgan fingerprint density at radius 3 is 0.854 bits per heavy atom. The number of aromatic nitrogens is 9. The highest BCUT2D eigenvalue weighted by molar-refractivity contribution is 7.67. The summed E-state index contributed by atoms with van der Waals surface area (Å²) in [7, 11) is -3.90. The average molecular weight is 1890 g/mol. The minimum absolute atomic E-state index is 0.584. The molecule has 19 aromatic carbocycles. The van der Waals surface area contributed by atoms with Gasteiger partial charge >= 0.3 is 0 Å². The lowest BCUT2D eigenvalue weighted by atomic mass is 9.98. The molecule has 1 saturated heterocycles. The second-order valence-corrected chi connectivity index (χ2v) is 49.4. The molecule has 1 atom stereocenters. The minimum atomic E-state index is -1.70. The van der Waals surface area contributed by atoms with E-state index in [2.05, 4.69) is 476 Å². The van der Waals surface area contributed by atoms with E-state index in [1.165, 1.54) is 150 Å². The SMILES string of the molecule is C[Si]1(C)c2ccccc2-c2cc(-c3ccc4c(c3)c3ccccc3n4-c3nc(-c4ccccc4)cc(-c4ccccc4)n3)ccc21.c1ccc(-c2cc(-c3ccccc3)nc(-n3c4ccccc4c4cc(-c5ccc6c(c5)-c5ccccc5[Si]65CCCC5)ccc43)n2)cc1.c1ccc(-c2cc(-c3ccccc3)nc(-n3c4ccccc4c4cc(-c5ccc6c(c5)c5ccccc5p6-c5ccccc5)ccc43)n2)cc1. The molecule has 0 saturated carbocycles. The Hall–Kier alpha value is -17.4. The average Bonchev–Trinajstić information content (AvgIpc) is 1.54. The molecule has 29 rings (SSSR count). The lowest BCUT2D eigenvalue weighted by Crippen LogP contribution is -2.52. The normalized spacial score (nSPS) is 13.2. The van der Waals surface area contributed by atoms with Crippen LogP contribution in [-0.2, 0) is 0 Å². The van der Waals surface area contributed by atoms with Crippen LogP contribution in [0.3, 0.4) is 0 Å². The summed E-state index contributed by atoms with van der Waals surface area (Å²) in [6.45, 7) is 4.94. The zero-order chi connectivity index (χ0) is 95.5. The molecule has 3 aliphatic heterocycles. The molecule has 0 bridgehead atoms. The van der Waals surface area contributed by atoms with Gasteiger partial charge in [0.05, 0.1) is 67.3 Å².